The maximum atomic E-state index is 12.0. The first-order valence-electron chi connectivity index (χ1n) is 11.7. The molecule has 7 rings (SSSR count). The quantitative estimate of drug-likeness (QED) is 0.681. The Bertz CT molecular complexity index is 1060. The lowest BCUT2D eigenvalue weighted by Gasteiger charge is -2.56. The summed E-state index contributed by atoms with van der Waals surface area (Å²) in [5.74, 6) is 3.29. The van der Waals surface area contributed by atoms with Gasteiger partial charge in [-0.15, -0.1) is 0 Å². The van der Waals surface area contributed by atoms with E-state index in [0.29, 0.717) is 23.6 Å². The van der Waals surface area contributed by atoms with Gasteiger partial charge in [-0.1, -0.05) is 6.07 Å². The fourth-order valence-electron chi connectivity index (χ4n) is 6.12. The topological polar surface area (TPSA) is 88.5 Å². The first-order chi connectivity index (χ1) is 15.6. The van der Waals surface area contributed by atoms with Gasteiger partial charge in [0.15, 0.2) is 5.82 Å². The van der Waals surface area contributed by atoms with Crippen LogP contribution >= 0.6 is 0 Å². The Labute approximate surface area is 188 Å². The van der Waals surface area contributed by atoms with Crippen LogP contribution in [0.25, 0.3) is 0 Å². The molecule has 1 aromatic heterocycles. The van der Waals surface area contributed by atoms with Gasteiger partial charge in [0, 0.05) is 54.2 Å². The highest BCUT2D eigenvalue weighted by Gasteiger charge is 2.54. The summed E-state index contributed by atoms with van der Waals surface area (Å²) in [6.07, 6.45) is 9.58. The lowest BCUT2D eigenvalue weighted by atomic mass is 9.53. The zero-order valence-electron chi connectivity index (χ0n) is 18.4. The molecule has 4 bridgehead atoms. The van der Waals surface area contributed by atoms with Gasteiger partial charge in [-0.25, -0.2) is 9.98 Å². The third kappa shape index (κ3) is 3.79. The van der Waals surface area contributed by atoms with Crippen LogP contribution in [0.15, 0.2) is 41.5 Å². The zero-order valence-corrected chi connectivity index (χ0v) is 18.4. The number of amides is 1. The average molecular weight is 432 g/mol. The second-order valence-corrected chi connectivity index (χ2v) is 9.98. The number of nitrogens with zero attached hydrogens (tertiary/aromatic N) is 3. The van der Waals surface area contributed by atoms with Gasteiger partial charge in [0.05, 0.1) is 5.60 Å². The molecule has 1 amide bonds. The molecule has 5 aliphatic carbocycles. The second-order valence-electron chi connectivity index (χ2n) is 9.98. The van der Waals surface area contributed by atoms with Crippen molar-refractivity contribution >= 4 is 34.8 Å². The molecule has 7 heteroatoms. The first kappa shape index (κ1) is 19.9. The molecule has 5 aliphatic rings. The number of hydrogen-bond acceptors (Lipinski definition) is 6. The van der Waals surface area contributed by atoms with Crippen molar-refractivity contribution in [1.29, 1.82) is 0 Å². The van der Waals surface area contributed by atoms with Gasteiger partial charge in [-0.2, -0.15) is 4.98 Å². The van der Waals surface area contributed by atoms with Crippen molar-refractivity contribution in [2.75, 3.05) is 17.7 Å². The van der Waals surface area contributed by atoms with Crippen LogP contribution in [0.1, 0.15) is 44.9 Å². The van der Waals surface area contributed by atoms with E-state index < -0.39 is 0 Å². The van der Waals surface area contributed by atoms with E-state index in [4.69, 9.17) is 9.73 Å². The summed E-state index contributed by atoms with van der Waals surface area (Å²) in [5.41, 5.74) is 3.00. The van der Waals surface area contributed by atoms with Crippen molar-refractivity contribution in [3.63, 3.8) is 0 Å². The number of rotatable bonds is 6. The molecule has 1 aromatic carbocycles. The maximum absolute atomic E-state index is 12.0. The van der Waals surface area contributed by atoms with Gasteiger partial charge in [-0.3, -0.25) is 4.79 Å². The molecule has 7 nitrogen and oxygen atoms in total. The Morgan fingerprint density at radius 1 is 1.12 bits per heavy atom. The van der Waals surface area contributed by atoms with Crippen LogP contribution in [0, 0.1) is 23.7 Å². The number of carbonyl (C=O) groups is 1. The Morgan fingerprint density at radius 3 is 2.66 bits per heavy atom. The van der Waals surface area contributed by atoms with Gasteiger partial charge >= 0.3 is 0 Å². The fraction of sp³-hybridized carbons (Fsp3) is 0.520. The normalized spacial score (nSPS) is 30.3. The van der Waals surface area contributed by atoms with Gasteiger partial charge in [-0.05, 0) is 69.1 Å². The Morgan fingerprint density at radius 2 is 1.91 bits per heavy atom. The molecule has 0 saturated heterocycles. The van der Waals surface area contributed by atoms with E-state index >= 15 is 0 Å². The molecule has 166 valence electrons. The molecule has 0 spiro atoms. The largest absolute Gasteiger partial charge is 0.378 e. The van der Waals surface area contributed by atoms with Crippen molar-refractivity contribution < 1.29 is 9.53 Å². The number of anilines is 3. The SMILES string of the molecule is COC12CC3CC(C1)C(=Nc1ccnc(Nc4cccc(NC(=O)C5CC5)c4)n1)C(C3)C2. The molecule has 2 N–H and O–H groups in total. The summed E-state index contributed by atoms with van der Waals surface area (Å²) in [6, 6.07) is 9.53. The fourth-order valence-corrected chi connectivity index (χ4v) is 6.12. The number of aromatic nitrogens is 2. The molecule has 5 fully saturated rings. The number of ether oxygens (including phenoxy) is 1. The molecule has 2 unspecified atom stereocenters. The first-order valence-corrected chi connectivity index (χ1v) is 11.7. The predicted octanol–water partition coefficient (Wildman–Crippen LogP) is 4.87. The highest BCUT2D eigenvalue weighted by Crippen LogP contribution is 2.56. The summed E-state index contributed by atoms with van der Waals surface area (Å²) >= 11 is 0. The molecule has 2 aromatic rings. The minimum absolute atomic E-state index is 0.0772. The summed E-state index contributed by atoms with van der Waals surface area (Å²) in [7, 11) is 1.87. The van der Waals surface area contributed by atoms with Crippen LogP contribution in [-0.2, 0) is 9.53 Å². The van der Waals surface area contributed by atoms with E-state index in [-0.39, 0.29) is 17.4 Å². The Hall–Kier alpha value is -2.80. The molecule has 0 aliphatic heterocycles. The lowest BCUT2D eigenvalue weighted by Crippen LogP contribution is -2.55. The smallest absolute Gasteiger partial charge is 0.229 e. The number of carbonyl (C=O) groups excluding carboxylic acids is 1. The number of benzene rings is 1. The van der Waals surface area contributed by atoms with Crippen LogP contribution < -0.4 is 10.6 Å². The number of nitrogens with one attached hydrogen (secondary N) is 2. The van der Waals surface area contributed by atoms with Crippen LogP contribution in [-0.4, -0.2) is 34.3 Å². The Kier molecular flexibility index (Phi) is 4.75. The molecular weight excluding hydrogens is 402 g/mol. The number of methoxy groups -OCH3 is 1. The molecule has 32 heavy (non-hydrogen) atoms. The average Bonchev–Trinajstić information content (AvgIpc) is 3.62. The summed E-state index contributed by atoms with van der Waals surface area (Å²) in [6.45, 7) is 0. The lowest BCUT2D eigenvalue weighted by molar-refractivity contribution is -0.117. The summed E-state index contributed by atoms with van der Waals surface area (Å²) < 4.78 is 5.97. The standard InChI is InChI=1S/C25H29N5O2/c1-32-25-12-15-9-17(13-25)22(18(10-15)14-25)29-21-7-8-26-24(30-21)28-20-4-2-3-19(11-20)27-23(31)16-5-6-16/h2-4,7-8,11,15-18H,5-6,9-10,12-14H2,1H3,(H,27,31)(H,26,28,30). The third-order valence-corrected chi connectivity index (χ3v) is 7.62. The van der Waals surface area contributed by atoms with Crippen LogP contribution in [0.4, 0.5) is 23.1 Å². The highest BCUT2D eigenvalue weighted by atomic mass is 16.5. The van der Waals surface area contributed by atoms with Gasteiger partial charge < -0.3 is 15.4 Å². The number of hydrogen-bond donors (Lipinski definition) is 2. The summed E-state index contributed by atoms with van der Waals surface area (Å²) in [4.78, 5) is 26.1. The van der Waals surface area contributed by atoms with E-state index in [1.807, 2.05) is 37.4 Å². The van der Waals surface area contributed by atoms with E-state index in [1.54, 1.807) is 6.20 Å². The predicted molar refractivity (Wildman–Crippen MR) is 124 cm³/mol. The van der Waals surface area contributed by atoms with Crippen molar-refractivity contribution in [2.45, 2.75) is 50.5 Å². The zero-order chi connectivity index (χ0) is 21.7. The van der Waals surface area contributed by atoms with E-state index in [0.717, 1.165) is 43.0 Å². The monoisotopic (exact) mass is 431 g/mol. The van der Waals surface area contributed by atoms with Crippen LogP contribution in [0.3, 0.4) is 0 Å². The van der Waals surface area contributed by atoms with Crippen LogP contribution in [0.5, 0.6) is 0 Å². The minimum atomic E-state index is 0.0772. The van der Waals surface area contributed by atoms with E-state index in [1.165, 1.54) is 25.0 Å². The minimum Gasteiger partial charge on any atom is -0.378 e. The van der Waals surface area contributed by atoms with E-state index in [9.17, 15) is 4.79 Å². The van der Waals surface area contributed by atoms with Crippen molar-refractivity contribution in [2.24, 2.45) is 28.7 Å². The molecule has 2 atom stereocenters. The second kappa shape index (κ2) is 7.66. The summed E-state index contributed by atoms with van der Waals surface area (Å²) in [5, 5.41) is 6.24. The van der Waals surface area contributed by atoms with Gasteiger partial charge in [0.25, 0.3) is 0 Å². The molecule has 1 heterocycles. The van der Waals surface area contributed by atoms with Crippen molar-refractivity contribution in [3.8, 4) is 0 Å². The van der Waals surface area contributed by atoms with Crippen molar-refractivity contribution in [1.82, 2.24) is 9.97 Å². The molecular formula is C25H29N5O2. The number of aliphatic imine (C=N–C) groups is 1. The van der Waals surface area contributed by atoms with Crippen molar-refractivity contribution in [3.05, 3.63) is 36.5 Å². The maximum Gasteiger partial charge on any atom is 0.229 e. The molecule has 0 radical (unpaired) electrons. The van der Waals surface area contributed by atoms with Gasteiger partial charge in [0.2, 0.25) is 11.9 Å². The van der Waals surface area contributed by atoms with E-state index in [2.05, 4.69) is 20.6 Å². The Balaban J connectivity index is 1.19. The van der Waals surface area contributed by atoms with Gasteiger partial charge in [0.1, 0.15) is 0 Å². The third-order valence-electron chi connectivity index (χ3n) is 7.62. The van der Waals surface area contributed by atoms with Crippen LogP contribution in [0.2, 0.25) is 0 Å². The molecule has 5 saturated carbocycles. The highest BCUT2D eigenvalue weighted by molar-refractivity contribution is 5.94.